The van der Waals surface area contributed by atoms with Gasteiger partial charge < -0.3 is 14.5 Å². The Morgan fingerprint density at radius 3 is 2.61 bits per heavy atom. The molecule has 31 heavy (non-hydrogen) atoms. The second-order valence-corrected chi connectivity index (χ2v) is 7.90. The highest BCUT2D eigenvalue weighted by Crippen LogP contribution is 2.32. The van der Waals surface area contributed by atoms with Crippen LogP contribution in [-0.4, -0.2) is 22.1 Å². The van der Waals surface area contributed by atoms with Crippen molar-refractivity contribution >= 4 is 33.5 Å². The number of alkyl halides is 2. The number of carbonyl (C=O) groups excluding carboxylic acids is 1. The van der Waals surface area contributed by atoms with Crippen LogP contribution in [0.1, 0.15) is 17.8 Å². The van der Waals surface area contributed by atoms with Crippen molar-refractivity contribution in [2.45, 2.75) is 26.5 Å². The summed E-state index contributed by atoms with van der Waals surface area (Å²) < 4.78 is 35.5. The van der Waals surface area contributed by atoms with Crippen LogP contribution < -0.4 is 15.8 Å². The number of nitrogens with zero attached hydrogens (tertiary/aromatic N) is 2. The number of hydrogen-bond donors (Lipinski definition) is 1. The SMILES string of the molecule is Cc1sc(NC(=O)C(C)n2c(=O)oc3ccccc32)nc1-c1ccc(OC(F)F)cc1. The average Bonchev–Trinajstić information content (AvgIpc) is 3.26. The van der Waals surface area contributed by atoms with E-state index in [0.29, 0.717) is 27.5 Å². The van der Waals surface area contributed by atoms with E-state index < -0.39 is 24.3 Å². The number of amides is 1. The van der Waals surface area contributed by atoms with Gasteiger partial charge in [-0.3, -0.25) is 9.36 Å². The molecule has 2 heterocycles. The summed E-state index contributed by atoms with van der Waals surface area (Å²) in [7, 11) is 0. The topological polar surface area (TPSA) is 86.4 Å². The Bertz CT molecular complexity index is 1290. The largest absolute Gasteiger partial charge is 0.435 e. The summed E-state index contributed by atoms with van der Waals surface area (Å²) in [5.74, 6) is -0.993. The first kappa shape index (κ1) is 20.7. The number of hydrogen-bond acceptors (Lipinski definition) is 6. The summed E-state index contributed by atoms with van der Waals surface area (Å²) in [6, 6.07) is 12.1. The van der Waals surface area contributed by atoms with Crippen LogP contribution >= 0.6 is 11.3 Å². The summed E-state index contributed by atoms with van der Waals surface area (Å²) in [5.41, 5.74) is 2.24. The molecule has 0 aliphatic heterocycles. The fourth-order valence-electron chi connectivity index (χ4n) is 3.19. The molecule has 0 fully saturated rings. The van der Waals surface area contributed by atoms with Crippen molar-refractivity contribution in [2.24, 2.45) is 0 Å². The van der Waals surface area contributed by atoms with Crippen molar-refractivity contribution in [2.75, 3.05) is 5.32 Å². The van der Waals surface area contributed by atoms with Crippen LogP contribution in [0, 0.1) is 6.92 Å². The predicted octanol–water partition coefficient (Wildman–Crippen LogP) is 4.83. The zero-order chi connectivity index (χ0) is 22.1. The van der Waals surface area contributed by atoms with Crippen LogP contribution in [0.3, 0.4) is 0 Å². The summed E-state index contributed by atoms with van der Waals surface area (Å²) in [6.45, 7) is 0.543. The van der Waals surface area contributed by atoms with Crippen molar-refractivity contribution in [1.82, 2.24) is 9.55 Å². The van der Waals surface area contributed by atoms with Crippen LogP contribution in [0.4, 0.5) is 13.9 Å². The quantitative estimate of drug-likeness (QED) is 0.460. The van der Waals surface area contributed by atoms with Crippen LogP contribution in [0.2, 0.25) is 0 Å². The summed E-state index contributed by atoms with van der Waals surface area (Å²) in [4.78, 5) is 30.3. The van der Waals surface area contributed by atoms with E-state index in [1.807, 2.05) is 6.92 Å². The van der Waals surface area contributed by atoms with Gasteiger partial charge in [0.05, 0.1) is 11.2 Å². The molecule has 0 aliphatic carbocycles. The van der Waals surface area contributed by atoms with Gasteiger partial charge >= 0.3 is 12.4 Å². The normalized spacial score (nSPS) is 12.3. The first-order valence-electron chi connectivity index (χ1n) is 9.27. The number of anilines is 1. The molecule has 1 N–H and O–H groups in total. The number of fused-ring (bicyclic) bond motifs is 1. The average molecular weight is 445 g/mol. The lowest BCUT2D eigenvalue weighted by molar-refractivity contribution is -0.118. The number of thiazole rings is 1. The second-order valence-electron chi connectivity index (χ2n) is 6.70. The molecule has 0 radical (unpaired) electrons. The Morgan fingerprint density at radius 1 is 1.19 bits per heavy atom. The molecular weight excluding hydrogens is 428 g/mol. The van der Waals surface area contributed by atoms with Crippen molar-refractivity contribution in [1.29, 1.82) is 0 Å². The Morgan fingerprint density at radius 2 is 1.90 bits per heavy atom. The molecule has 4 rings (SSSR count). The lowest BCUT2D eigenvalue weighted by Gasteiger charge is -2.11. The molecule has 1 amide bonds. The molecule has 0 bridgehead atoms. The minimum atomic E-state index is -2.89. The minimum Gasteiger partial charge on any atom is -0.435 e. The van der Waals surface area contributed by atoms with Crippen molar-refractivity contribution in [3.8, 4) is 17.0 Å². The van der Waals surface area contributed by atoms with E-state index in [2.05, 4.69) is 15.0 Å². The standard InChI is InChI=1S/C21H17F2N3O4S/c1-11(26-15-5-3-4-6-16(15)30-21(26)28)18(27)25-20-24-17(12(2)31-20)13-7-9-14(10-8-13)29-19(22)23/h3-11,19H,1-2H3,(H,24,25,27). The lowest BCUT2D eigenvalue weighted by atomic mass is 10.1. The molecule has 2 aromatic heterocycles. The van der Waals surface area contributed by atoms with Crippen molar-refractivity contribution < 1.29 is 22.7 Å². The number of aryl methyl sites for hydroxylation is 1. The molecule has 0 aliphatic rings. The number of carbonyl (C=O) groups is 1. The molecule has 0 saturated heterocycles. The lowest BCUT2D eigenvalue weighted by Crippen LogP contribution is -2.29. The zero-order valence-electron chi connectivity index (χ0n) is 16.5. The van der Waals surface area contributed by atoms with Gasteiger partial charge in [0.1, 0.15) is 11.8 Å². The molecule has 4 aromatic rings. The Hall–Kier alpha value is -3.53. The number of benzene rings is 2. The van der Waals surface area contributed by atoms with E-state index in [-0.39, 0.29) is 5.75 Å². The number of nitrogens with one attached hydrogen (secondary N) is 1. The van der Waals surface area contributed by atoms with Gasteiger partial charge in [0.25, 0.3) is 0 Å². The number of halogens is 2. The van der Waals surface area contributed by atoms with Gasteiger partial charge in [-0.25, -0.2) is 9.78 Å². The third kappa shape index (κ3) is 4.19. The predicted molar refractivity (Wildman–Crippen MR) is 113 cm³/mol. The Labute approximate surface area is 178 Å². The fraction of sp³-hybridized carbons (Fsp3) is 0.190. The third-order valence-corrected chi connectivity index (χ3v) is 5.55. The van der Waals surface area contributed by atoms with E-state index in [9.17, 15) is 18.4 Å². The van der Waals surface area contributed by atoms with E-state index >= 15 is 0 Å². The van der Waals surface area contributed by atoms with Crippen molar-refractivity contribution in [3.05, 3.63) is 64.0 Å². The van der Waals surface area contributed by atoms with Gasteiger partial charge in [0.2, 0.25) is 5.91 Å². The first-order chi connectivity index (χ1) is 14.8. The van der Waals surface area contributed by atoms with Gasteiger partial charge in [-0.15, -0.1) is 11.3 Å². The van der Waals surface area contributed by atoms with Crippen LogP contribution in [0.15, 0.2) is 57.7 Å². The van der Waals surface area contributed by atoms with Gasteiger partial charge in [0.15, 0.2) is 10.7 Å². The number of oxazole rings is 1. The van der Waals surface area contributed by atoms with Crippen LogP contribution in [0.5, 0.6) is 5.75 Å². The molecule has 160 valence electrons. The molecular formula is C21H17F2N3O4S. The summed E-state index contributed by atoms with van der Waals surface area (Å²) in [5, 5.41) is 3.09. The van der Waals surface area contributed by atoms with E-state index in [1.54, 1.807) is 43.3 Å². The van der Waals surface area contributed by atoms with Crippen LogP contribution in [-0.2, 0) is 4.79 Å². The molecule has 2 aromatic carbocycles. The molecule has 10 heteroatoms. The van der Waals surface area contributed by atoms with E-state index in [1.165, 1.54) is 28.0 Å². The monoisotopic (exact) mass is 445 g/mol. The highest BCUT2D eigenvalue weighted by molar-refractivity contribution is 7.16. The highest BCUT2D eigenvalue weighted by atomic mass is 32.1. The Balaban J connectivity index is 1.54. The third-order valence-electron chi connectivity index (χ3n) is 4.67. The number of ether oxygens (including phenoxy) is 1. The van der Waals surface area contributed by atoms with E-state index in [0.717, 1.165) is 4.88 Å². The second kappa shape index (κ2) is 8.31. The highest BCUT2D eigenvalue weighted by Gasteiger charge is 2.22. The minimum absolute atomic E-state index is 0.0479. The fourth-order valence-corrected chi connectivity index (χ4v) is 4.03. The Kier molecular flexibility index (Phi) is 5.55. The zero-order valence-corrected chi connectivity index (χ0v) is 17.3. The van der Waals surface area contributed by atoms with E-state index in [4.69, 9.17) is 4.42 Å². The summed E-state index contributed by atoms with van der Waals surface area (Å²) >= 11 is 1.27. The maximum atomic E-state index is 12.8. The molecule has 1 unspecified atom stereocenters. The number of rotatable bonds is 6. The maximum Gasteiger partial charge on any atom is 0.420 e. The van der Waals surface area contributed by atoms with Crippen molar-refractivity contribution in [3.63, 3.8) is 0 Å². The number of para-hydroxylation sites is 2. The smallest absolute Gasteiger partial charge is 0.420 e. The number of aromatic nitrogens is 2. The molecule has 0 spiro atoms. The molecule has 1 atom stereocenters. The van der Waals surface area contributed by atoms with Gasteiger partial charge in [0, 0.05) is 10.4 Å². The van der Waals surface area contributed by atoms with Gasteiger partial charge in [-0.05, 0) is 50.2 Å². The summed E-state index contributed by atoms with van der Waals surface area (Å²) in [6.07, 6.45) is 0. The molecule has 0 saturated carbocycles. The van der Waals surface area contributed by atoms with Gasteiger partial charge in [-0.1, -0.05) is 12.1 Å². The van der Waals surface area contributed by atoms with Crippen LogP contribution in [0.25, 0.3) is 22.4 Å². The molecule has 7 nitrogen and oxygen atoms in total. The maximum absolute atomic E-state index is 12.8. The van der Waals surface area contributed by atoms with Gasteiger partial charge in [-0.2, -0.15) is 8.78 Å². The first-order valence-corrected chi connectivity index (χ1v) is 10.1.